The lowest BCUT2D eigenvalue weighted by atomic mass is 10.1. The number of carbonyl (C=O) groups is 1. The van der Waals surface area contributed by atoms with Crippen molar-refractivity contribution in [3.8, 4) is 5.75 Å². The first-order valence-electron chi connectivity index (χ1n) is 7.87. The molecule has 1 aromatic carbocycles. The lowest BCUT2D eigenvalue weighted by Gasteiger charge is -2.32. The van der Waals surface area contributed by atoms with Crippen LogP contribution in [0, 0.1) is 18.6 Å². The molecule has 0 saturated carbocycles. The number of piperidine rings is 1. The minimum Gasteiger partial charge on any atom is -0.489 e. The van der Waals surface area contributed by atoms with Crippen LogP contribution in [-0.4, -0.2) is 35.0 Å². The van der Waals surface area contributed by atoms with E-state index in [9.17, 15) is 13.6 Å². The highest BCUT2D eigenvalue weighted by Crippen LogP contribution is 2.21. The van der Waals surface area contributed by atoms with Crippen molar-refractivity contribution in [3.63, 3.8) is 0 Å². The maximum atomic E-state index is 13.7. The Hall–Kier alpha value is -2.50. The van der Waals surface area contributed by atoms with Crippen LogP contribution in [0.3, 0.4) is 0 Å². The topological polar surface area (TPSA) is 42.4 Å². The number of rotatable bonds is 3. The molecule has 0 N–H and O–H groups in total. The van der Waals surface area contributed by atoms with Crippen LogP contribution in [0.2, 0.25) is 0 Å². The average molecular weight is 332 g/mol. The summed E-state index contributed by atoms with van der Waals surface area (Å²) in [5, 5.41) is 0. The first kappa shape index (κ1) is 16.4. The Morgan fingerprint density at radius 2 is 1.83 bits per heavy atom. The van der Waals surface area contributed by atoms with E-state index in [1.54, 1.807) is 6.20 Å². The average Bonchev–Trinajstić information content (AvgIpc) is 2.57. The highest BCUT2D eigenvalue weighted by molar-refractivity contribution is 5.94. The zero-order chi connectivity index (χ0) is 17.1. The second-order valence-electron chi connectivity index (χ2n) is 5.84. The number of aromatic nitrogens is 1. The molecule has 0 spiro atoms. The van der Waals surface area contributed by atoms with Gasteiger partial charge in [0, 0.05) is 31.6 Å². The van der Waals surface area contributed by atoms with Crippen molar-refractivity contribution in [2.45, 2.75) is 25.9 Å². The predicted octanol–water partition coefficient (Wildman–Crippen LogP) is 3.35. The van der Waals surface area contributed by atoms with Crippen molar-refractivity contribution in [2.75, 3.05) is 13.1 Å². The molecule has 1 fully saturated rings. The molecule has 3 rings (SSSR count). The van der Waals surface area contributed by atoms with Gasteiger partial charge in [0.05, 0.1) is 6.20 Å². The summed E-state index contributed by atoms with van der Waals surface area (Å²) in [6.45, 7) is 2.70. The number of hydrogen-bond donors (Lipinski definition) is 0. The number of aryl methyl sites for hydroxylation is 1. The molecule has 1 aliphatic rings. The highest BCUT2D eigenvalue weighted by atomic mass is 19.1. The van der Waals surface area contributed by atoms with Gasteiger partial charge < -0.3 is 9.64 Å². The van der Waals surface area contributed by atoms with Crippen molar-refractivity contribution in [2.24, 2.45) is 0 Å². The van der Waals surface area contributed by atoms with Gasteiger partial charge in [-0.25, -0.2) is 8.78 Å². The van der Waals surface area contributed by atoms with E-state index >= 15 is 0 Å². The fourth-order valence-corrected chi connectivity index (χ4v) is 2.75. The van der Waals surface area contributed by atoms with Crippen LogP contribution in [0.4, 0.5) is 8.78 Å². The predicted molar refractivity (Wildman–Crippen MR) is 84.9 cm³/mol. The van der Waals surface area contributed by atoms with E-state index < -0.39 is 23.1 Å². The van der Waals surface area contributed by atoms with Gasteiger partial charge in [-0.1, -0.05) is 6.07 Å². The molecule has 6 heteroatoms. The van der Waals surface area contributed by atoms with Crippen molar-refractivity contribution in [1.82, 2.24) is 9.88 Å². The summed E-state index contributed by atoms with van der Waals surface area (Å²) in [5.74, 6) is -1.58. The monoisotopic (exact) mass is 332 g/mol. The van der Waals surface area contributed by atoms with Gasteiger partial charge in [0.15, 0.2) is 0 Å². The highest BCUT2D eigenvalue weighted by Gasteiger charge is 2.28. The number of halogens is 2. The molecule has 0 unspecified atom stereocenters. The van der Waals surface area contributed by atoms with Crippen LogP contribution in [-0.2, 0) is 0 Å². The third-order valence-corrected chi connectivity index (χ3v) is 4.09. The zero-order valence-electron chi connectivity index (χ0n) is 13.3. The molecule has 2 heterocycles. The minimum absolute atomic E-state index is 0.0379. The number of pyridine rings is 1. The fraction of sp³-hybridized carbons (Fsp3) is 0.333. The summed E-state index contributed by atoms with van der Waals surface area (Å²) in [4.78, 5) is 18.0. The number of benzene rings is 1. The second kappa shape index (κ2) is 6.95. The van der Waals surface area contributed by atoms with E-state index in [0.29, 0.717) is 31.7 Å². The Labute approximate surface area is 139 Å². The minimum atomic E-state index is -0.830. The third kappa shape index (κ3) is 3.53. The summed E-state index contributed by atoms with van der Waals surface area (Å²) in [6.07, 6.45) is 2.84. The Kier molecular flexibility index (Phi) is 4.74. The molecule has 1 aromatic heterocycles. The Bertz CT molecular complexity index is 706. The molecule has 1 aliphatic heterocycles. The lowest BCUT2D eigenvalue weighted by molar-refractivity contribution is 0.0586. The zero-order valence-corrected chi connectivity index (χ0v) is 13.3. The maximum absolute atomic E-state index is 13.7. The molecular formula is C18H18F2N2O2. The van der Waals surface area contributed by atoms with Gasteiger partial charge in [-0.05, 0) is 31.2 Å². The van der Waals surface area contributed by atoms with E-state index in [-0.39, 0.29) is 6.10 Å². The summed E-state index contributed by atoms with van der Waals surface area (Å²) in [6, 6.07) is 7.16. The Morgan fingerprint density at radius 1 is 1.17 bits per heavy atom. The van der Waals surface area contributed by atoms with Crippen LogP contribution in [0.15, 0.2) is 36.5 Å². The molecule has 1 amide bonds. The van der Waals surface area contributed by atoms with Gasteiger partial charge in [-0.3, -0.25) is 9.78 Å². The van der Waals surface area contributed by atoms with Crippen LogP contribution in [0.5, 0.6) is 5.75 Å². The standard InChI is InChI=1S/C18H18F2N2O2/c1-12-5-6-14(11-21-12)24-13-7-9-22(10-8-13)18(23)17-15(19)3-2-4-16(17)20/h2-6,11,13H,7-10H2,1H3. The number of amides is 1. The van der Waals surface area contributed by atoms with Crippen LogP contribution < -0.4 is 4.74 Å². The van der Waals surface area contributed by atoms with Gasteiger partial charge in [0.1, 0.15) is 29.1 Å². The Balaban J connectivity index is 1.60. The molecule has 24 heavy (non-hydrogen) atoms. The molecule has 0 aliphatic carbocycles. The van der Waals surface area contributed by atoms with Gasteiger partial charge in [-0.2, -0.15) is 0 Å². The number of carbonyl (C=O) groups excluding carboxylic acids is 1. The SMILES string of the molecule is Cc1ccc(OC2CCN(C(=O)c3c(F)cccc3F)CC2)cn1. The molecule has 4 nitrogen and oxygen atoms in total. The summed E-state index contributed by atoms with van der Waals surface area (Å²) < 4.78 is 33.3. The van der Waals surface area contributed by atoms with Gasteiger partial charge in [-0.15, -0.1) is 0 Å². The van der Waals surface area contributed by atoms with Crippen LogP contribution >= 0.6 is 0 Å². The van der Waals surface area contributed by atoms with Crippen molar-refractivity contribution in [1.29, 1.82) is 0 Å². The van der Waals surface area contributed by atoms with Gasteiger partial charge in [0.2, 0.25) is 0 Å². The van der Waals surface area contributed by atoms with E-state index in [1.807, 2.05) is 19.1 Å². The third-order valence-electron chi connectivity index (χ3n) is 4.09. The van der Waals surface area contributed by atoms with E-state index in [4.69, 9.17) is 4.74 Å². The normalized spacial score (nSPS) is 15.4. The molecule has 126 valence electrons. The number of ether oxygens (including phenoxy) is 1. The van der Waals surface area contributed by atoms with Crippen molar-refractivity contribution >= 4 is 5.91 Å². The smallest absolute Gasteiger partial charge is 0.259 e. The van der Waals surface area contributed by atoms with Crippen molar-refractivity contribution in [3.05, 3.63) is 59.4 Å². The van der Waals surface area contributed by atoms with Crippen molar-refractivity contribution < 1.29 is 18.3 Å². The molecule has 2 aromatic rings. The van der Waals surface area contributed by atoms with Crippen LogP contribution in [0.25, 0.3) is 0 Å². The Morgan fingerprint density at radius 3 is 2.42 bits per heavy atom. The molecule has 0 bridgehead atoms. The molecule has 0 atom stereocenters. The lowest BCUT2D eigenvalue weighted by Crippen LogP contribution is -2.42. The first-order chi connectivity index (χ1) is 11.5. The molecule has 0 radical (unpaired) electrons. The summed E-state index contributed by atoms with van der Waals surface area (Å²) in [5.41, 5.74) is 0.425. The van der Waals surface area contributed by atoms with E-state index in [1.165, 1.54) is 11.0 Å². The van der Waals surface area contributed by atoms with Gasteiger partial charge >= 0.3 is 0 Å². The maximum Gasteiger partial charge on any atom is 0.259 e. The van der Waals surface area contributed by atoms with E-state index in [0.717, 1.165) is 17.8 Å². The number of hydrogen-bond acceptors (Lipinski definition) is 3. The fourth-order valence-electron chi connectivity index (χ4n) is 2.75. The summed E-state index contributed by atoms with van der Waals surface area (Å²) in [7, 11) is 0. The van der Waals surface area contributed by atoms with Crippen LogP contribution in [0.1, 0.15) is 28.9 Å². The molecular weight excluding hydrogens is 314 g/mol. The first-order valence-corrected chi connectivity index (χ1v) is 7.87. The van der Waals surface area contributed by atoms with Gasteiger partial charge in [0.25, 0.3) is 5.91 Å². The molecule has 1 saturated heterocycles. The quantitative estimate of drug-likeness (QED) is 0.866. The number of likely N-dealkylation sites (tertiary alicyclic amines) is 1. The largest absolute Gasteiger partial charge is 0.489 e. The summed E-state index contributed by atoms with van der Waals surface area (Å²) >= 11 is 0. The number of nitrogens with zero attached hydrogens (tertiary/aromatic N) is 2. The second-order valence-corrected chi connectivity index (χ2v) is 5.84. The van der Waals surface area contributed by atoms with E-state index in [2.05, 4.69) is 4.98 Å².